The van der Waals surface area contributed by atoms with Crippen LogP contribution in [0.15, 0.2) is 36.9 Å². The van der Waals surface area contributed by atoms with Crippen molar-refractivity contribution in [1.82, 2.24) is 14.8 Å². The van der Waals surface area contributed by atoms with Crippen molar-refractivity contribution in [2.24, 2.45) is 11.3 Å². The maximum Gasteiger partial charge on any atom is 0.416 e. The number of halogens is 3. The topological polar surface area (TPSA) is 50.9 Å². The zero-order valence-corrected chi connectivity index (χ0v) is 14.3. The fourth-order valence-corrected chi connectivity index (χ4v) is 3.96. The Morgan fingerprint density at radius 1 is 1.28 bits per heavy atom. The first kappa shape index (κ1) is 17.9. The highest BCUT2D eigenvalue weighted by Crippen LogP contribution is 2.52. The van der Waals surface area contributed by atoms with Crippen LogP contribution in [-0.4, -0.2) is 25.5 Å². The van der Waals surface area contributed by atoms with Crippen LogP contribution >= 0.6 is 0 Å². The highest BCUT2D eigenvalue weighted by atomic mass is 19.4. The molecule has 7 heteroatoms. The van der Waals surface area contributed by atoms with Crippen LogP contribution in [0.3, 0.4) is 0 Å². The lowest BCUT2D eigenvalue weighted by molar-refractivity contribution is -0.138. The number of rotatable bonds is 4. The smallest absolute Gasteiger partial charge is 0.387 e. The van der Waals surface area contributed by atoms with Crippen LogP contribution in [0.5, 0.6) is 0 Å². The van der Waals surface area contributed by atoms with Gasteiger partial charge in [-0.15, -0.1) is 0 Å². The summed E-state index contributed by atoms with van der Waals surface area (Å²) >= 11 is 0. The summed E-state index contributed by atoms with van der Waals surface area (Å²) in [5, 5.41) is 15.5. The molecular formula is C18H22F3N3O. The third kappa shape index (κ3) is 3.29. The van der Waals surface area contributed by atoms with Crippen LogP contribution in [0.25, 0.3) is 0 Å². The summed E-state index contributed by atoms with van der Waals surface area (Å²) in [5.74, 6) is -0.282. The molecule has 1 aliphatic carbocycles. The first-order chi connectivity index (χ1) is 11.6. The van der Waals surface area contributed by atoms with E-state index in [1.54, 1.807) is 10.7 Å². The Morgan fingerprint density at radius 3 is 2.64 bits per heavy atom. The second kappa shape index (κ2) is 6.12. The van der Waals surface area contributed by atoms with Gasteiger partial charge in [-0.2, -0.15) is 18.3 Å². The van der Waals surface area contributed by atoms with Crippen LogP contribution in [0.1, 0.15) is 37.8 Å². The molecular weight excluding hydrogens is 331 g/mol. The molecule has 1 saturated carbocycles. The second-order valence-corrected chi connectivity index (χ2v) is 7.50. The van der Waals surface area contributed by atoms with E-state index in [0.29, 0.717) is 6.42 Å². The van der Waals surface area contributed by atoms with Crippen LogP contribution in [0.4, 0.5) is 13.2 Å². The molecule has 0 radical (unpaired) electrons. The van der Waals surface area contributed by atoms with E-state index in [0.717, 1.165) is 12.5 Å². The van der Waals surface area contributed by atoms with Gasteiger partial charge in [0.2, 0.25) is 0 Å². The Kier molecular flexibility index (Phi) is 4.39. The van der Waals surface area contributed by atoms with E-state index >= 15 is 0 Å². The molecule has 1 aromatic heterocycles. The van der Waals surface area contributed by atoms with Crippen molar-refractivity contribution in [2.75, 3.05) is 0 Å². The number of benzene rings is 1. The fraction of sp³-hybridized carbons (Fsp3) is 0.556. The fourth-order valence-electron chi connectivity index (χ4n) is 3.96. The Morgan fingerprint density at radius 2 is 2.00 bits per heavy atom. The minimum Gasteiger partial charge on any atom is -0.387 e. The Bertz CT molecular complexity index is 727. The number of alkyl halides is 3. The molecule has 1 fully saturated rings. The lowest BCUT2D eigenvalue weighted by Crippen LogP contribution is -2.49. The number of aromatic nitrogens is 3. The number of nitrogens with zero attached hydrogens (tertiary/aromatic N) is 3. The molecule has 0 saturated heterocycles. The first-order valence-electron chi connectivity index (χ1n) is 8.33. The predicted molar refractivity (Wildman–Crippen MR) is 86.6 cm³/mol. The summed E-state index contributed by atoms with van der Waals surface area (Å²) in [6.07, 6.45) is 0.118. The average Bonchev–Trinajstić information content (AvgIpc) is 3.09. The zero-order valence-electron chi connectivity index (χ0n) is 14.3. The highest BCUT2D eigenvalue weighted by Gasteiger charge is 2.54. The van der Waals surface area contributed by atoms with Gasteiger partial charge < -0.3 is 5.11 Å². The quantitative estimate of drug-likeness (QED) is 0.912. The largest absolute Gasteiger partial charge is 0.416 e. The summed E-state index contributed by atoms with van der Waals surface area (Å²) in [7, 11) is 0. The van der Waals surface area contributed by atoms with Crippen molar-refractivity contribution in [3.05, 3.63) is 48.0 Å². The van der Waals surface area contributed by atoms with Gasteiger partial charge in [0.15, 0.2) is 0 Å². The molecule has 0 aliphatic heterocycles. The van der Waals surface area contributed by atoms with Gasteiger partial charge in [-0.1, -0.05) is 32.0 Å². The van der Waals surface area contributed by atoms with Gasteiger partial charge in [0.1, 0.15) is 12.7 Å². The van der Waals surface area contributed by atoms with Crippen molar-refractivity contribution in [2.45, 2.75) is 51.4 Å². The molecule has 2 aromatic rings. The van der Waals surface area contributed by atoms with Gasteiger partial charge in [-0.3, -0.25) is 4.68 Å². The summed E-state index contributed by atoms with van der Waals surface area (Å²) in [6, 6.07) is 5.61. The van der Waals surface area contributed by atoms with Crippen LogP contribution < -0.4 is 0 Å². The molecule has 3 rings (SSSR count). The molecule has 2 unspecified atom stereocenters. The van der Waals surface area contributed by atoms with Crippen molar-refractivity contribution in [3.8, 4) is 0 Å². The maximum absolute atomic E-state index is 13.3. The third-order valence-electron chi connectivity index (χ3n) is 5.62. The van der Waals surface area contributed by atoms with Crippen molar-refractivity contribution in [3.63, 3.8) is 0 Å². The Balaban J connectivity index is 1.92. The lowest BCUT2D eigenvalue weighted by Gasteiger charge is -2.41. The Hall–Kier alpha value is -1.89. The molecule has 1 heterocycles. The van der Waals surface area contributed by atoms with E-state index in [1.807, 2.05) is 13.8 Å². The van der Waals surface area contributed by atoms with E-state index < -0.39 is 22.8 Å². The molecule has 136 valence electrons. The van der Waals surface area contributed by atoms with Crippen LogP contribution in [0, 0.1) is 11.3 Å². The molecule has 0 spiro atoms. The number of aliphatic hydroxyl groups is 1. The van der Waals surface area contributed by atoms with Gasteiger partial charge in [0.25, 0.3) is 0 Å². The van der Waals surface area contributed by atoms with Crippen molar-refractivity contribution in [1.29, 1.82) is 0 Å². The number of hydrogen-bond donors (Lipinski definition) is 1. The van der Waals surface area contributed by atoms with E-state index in [9.17, 15) is 18.3 Å². The summed E-state index contributed by atoms with van der Waals surface area (Å²) < 4.78 is 41.4. The van der Waals surface area contributed by atoms with Gasteiger partial charge >= 0.3 is 6.18 Å². The molecule has 1 aromatic carbocycles. The Labute approximate surface area is 144 Å². The molecule has 0 amide bonds. The average molecular weight is 353 g/mol. The third-order valence-corrected chi connectivity index (χ3v) is 5.62. The molecule has 1 aliphatic rings. The summed E-state index contributed by atoms with van der Waals surface area (Å²) in [4.78, 5) is 3.89. The van der Waals surface area contributed by atoms with Gasteiger partial charge in [-0.25, -0.2) is 4.98 Å². The lowest BCUT2D eigenvalue weighted by atomic mass is 9.72. The predicted octanol–water partition coefficient (Wildman–Crippen LogP) is 3.71. The monoisotopic (exact) mass is 353 g/mol. The van der Waals surface area contributed by atoms with E-state index in [-0.39, 0.29) is 24.4 Å². The van der Waals surface area contributed by atoms with Gasteiger partial charge in [0.05, 0.1) is 17.7 Å². The standard InChI is InChI=1S/C18H22F3N3O/c1-16(2)8-7-14(17(16,25)10-24-12-22-11-23-24)9-13-5-3-4-6-15(13)18(19,20)21/h3-6,11-12,14,25H,7-10H2,1-2H3. The van der Waals surface area contributed by atoms with Gasteiger partial charge in [0, 0.05) is 0 Å². The second-order valence-electron chi connectivity index (χ2n) is 7.50. The zero-order chi connectivity index (χ0) is 18.3. The molecule has 4 nitrogen and oxygen atoms in total. The first-order valence-corrected chi connectivity index (χ1v) is 8.33. The SMILES string of the molecule is CC1(C)CCC(Cc2ccccc2C(F)(F)F)C1(O)Cn1cncn1. The van der Waals surface area contributed by atoms with Crippen LogP contribution in [0.2, 0.25) is 0 Å². The molecule has 25 heavy (non-hydrogen) atoms. The molecule has 0 bridgehead atoms. The molecule has 1 N–H and O–H groups in total. The summed E-state index contributed by atoms with van der Waals surface area (Å²) in [5.41, 5.74) is -1.96. The van der Waals surface area contributed by atoms with E-state index in [2.05, 4.69) is 10.1 Å². The van der Waals surface area contributed by atoms with Crippen molar-refractivity contribution < 1.29 is 18.3 Å². The highest BCUT2D eigenvalue weighted by molar-refractivity contribution is 5.31. The molecule has 2 atom stereocenters. The minimum absolute atomic E-state index is 0.185. The number of hydrogen-bond acceptors (Lipinski definition) is 3. The normalized spacial score (nSPS) is 26.1. The van der Waals surface area contributed by atoms with E-state index in [4.69, 9.17) is 0 Å². The van der Waals surface area contributed by atoms with Crippen molar-refractivity contribution >= 4 is 0 Å². The summed E-state index contributed by atoms with van der Waals surface area (Å²) in [6.45, 7) is 4.14. The van der Waals surface area contributed by atoms with Gasteiger partial charge in [-0.05, 0) is 42.2 Å². The van der Waals surface area contributed by atoms with E-state index in [1.165, 1.54) is 24.8 Å². The van der Waals surface area contributed by atoms with Crippen LogP contribution in [-0.2, 0) is 19.1 Å². The minimum atomic E-state index is -4.39. The maximum atomic E-state index is 13.3.